The Morgan fingerprint density at radius 3 is 2.89 bits per heavy atom. The normalized spacial score (nSPS) is 18.6. The van der Waals surface area contributed by atoms with E-state index in [4.69, 9.17) is 15.2 Å². The summed E-state index contributed by atoms with van der Waals surface area (Å²) in [6.07, 6.45) is 2.63. The quantitative estimate of drug-likeness (QED) is 0.903. The number of ether oxygens (including phenoxy) is 2. The minimum absolute atomic E-state index is 0.0508. The number of benzene rings is 1. The molecule has 0 saturated heterocycles. The SMILES string of the molecule is CCC(C)(OC)C(N)Cc1cc(Br)cc2c1OCC2. The molecular weight excluding hydrogens is 306 g/mol. The first kappa shape index (κ1) is 14.8. The molecule has 1 aromatic carbocycles. The van der Waals surface area contributed by atoms with Crippen molar-refractivity contribution in [2.45, 2.75) is 44.8 Å². The van der Waals surface area contributed by atoms with E-state index in [1.807, 2.05) is 0 Å². The van der Waals surface area contributed by atoms with Gasteiger partial charge in [-0.25, -0.2) is 0 Å². The van der Waals surface area contributed by atoms with Crippen LogP contribution in [0.25, 0.3) is 0 Å². The van der Waals surface area contributed by atoms with Gasteiger partial charge in [0, 0.05) is 24.0 Å². The molecule has 0 aliphatic carbocycles. The van der Waals surface area contributed by atoms with E-state index in [2.05, 4.69) is 41.9 Å². The highest BCUT2D eigenvalue weighted by molar-refractivity contribution is 9.10. The molecule has 0 radical (unpaired) electrons. The predicted molar refractivity (Wildman–Crippen MR) is 80.7 cm³/mol. The highest BCUT2D eigenvalue weighted by Gasteiger charge is 2.31. The number of nitrogens with two attached hydrogens (primary N) is 1. The van der Waals surface area contributed by atoms with Crippen LogP contribution in [-0.2, 0) is 17.6 Å². The third-order valence-corrected chi connectivity index (χ3v) is 4.68. The molecule has 106 valence electrons. The second kappa shape index (κ2) is 5.81. The summed E-state index contributed by atoms with van der Waals surface area (Å²) < 4.78 is 12.4. The molecule has 4 heteroatoms. The van der Waals surface area contributed by atoms with Crippen LogP contribution in [0, 0.1) is 0 Å². The molecule has 0 aromatic heterocycles. The lowest BCUT2D eigenvalue weighted by molar-refractivity contribution is -0.0185. The lowest BCUT2D eigenvalue weighted by atomic mass is 9.88. The number of fused-ring (bicyclic) bond motifs is 1. The van der Waals surface area contributed by atoms with Crippen LogP contribution in [-0.4, -0.2) is 25.4 Å². The van der Waals surface area contributed by atoms with Gasteiger partial charge in [0.05, 0.1) is 12.2 Å². The van der Waals surface area contributed by atoms with Crippen LogP contribution >= 0.6 is 15.9 Å². The minimum atomic E-state index is -0.298. The van der Waals surface area contributed by atoms with Gasteiger partial charge in [-0.05, 0) is 43.0 Å². The number of halogens is 1. The predicted octanol–water partition coefficient (Wildman–Crippen LogP) is 3.07. The molecule has 0 amide bonds. The van der Waals surface area contributed by atoms with Crippen molar-refractivity contribution >= 4 is 15.9 Å². The zero-order valence-corrected chi connectivity index (χ0v) is 13.4. The van der Waals surface area contributed by atoms with Crippen molar-refractivity contribution in [3.8, 4) is 5.75 Å². The van der Waals surface area contributed by atoms with Gasteiger partial charge in [-0.2, -0.15) is 0 Å². The Bertz CT molecular complexity index is 458. The molecule has 1 aliphatic heterocycles. The van der Waals surface area contributed by atoms with Gasteiger partial charge in [-0.15, -0.1) is 0 Å². The molecule has 3 nitrogen and oxygen atoms in total. The van der Waals surface area contributed by atoms with Crippen LogP contribution in [0.5, 0.6) is 5.75 Å². The van der Waals surface area contributed by atoms with Gasteiger partial charge in [-0.1, -0.05) is 22.9 Å². The Morgan fingerprint density at radius 1 is 1.53 bits per heavy atom. The molecule has 0 fully saturated rings. The van der Waals surface area contributed by atoms with Crippen molar-refractivity contribution in [3.63, 3.8) is 0 Å². The van der Waals surface area contributed by atoms with Crippen molar-refractivity contribution in [2.75, 3.05) is 13.7 Å². The summed E-state index contributed by atoms with van der Waals surface area (Å²) >= 11 is 3.56. The summed E-state index contributed by atoms with van der Waals surface area (Å²) in [6, 6.07) is 4.19. The van der Waals surface area contributed by atoms with Gasteiger partial charge in [0.25, 0.3) is 0 Å². The van der Waals surface area contributed by atoms with E-state index in [0.29, 0.717) is 0 Å². The van der Waals surface area contributed by atoms with Crippen molar-refractivity contribution < 1.29 is 9.47 Å². The molecule has 2 N–H and O–H groups in total. The van der Waals surface area contributed by atoms with Crippen LogP contribution in [0.1, 0.15) is 31.4 Å². The number of hydrogen-bond donors (Lipinski definition) is 1. The molecule has 1 heterocycles. The molecular formula is C15H22BrNO2. The minimum Gasteiger partial charge on any atom is -0.493 e. The Labute approximate surface area is 123 Å². The largest absolute Gasteiger partial charge is 0.493 e. The molecule has 2 unspecified atom stereocenters. The second-order valence-corrected chi connectivity index (χ2v) is 6.25. The maximum atomic E-state index is 6.35. The monoisotopic (exact) mass is 327 g/mol. The third-order valence-electron chi connectivity index (χ3n) is 4.22. The lowest BCUT2D eigenvalue weighted by Crippen LogP contribution is -2.48. The molecule has 0 spiro atoms. The van der Waals surface area contributed by atoms with E-state index in [1.165, 1.54) is 11.1 Å². The van der Waals surface area contributed by atoms with Crippen LogP contribution in [0.15, 0.2) is 16.6 Å². The van der Waals surface area contributed by atoms with Gasteiger partial charge in [0.1, 0.15) is 5.75 Å². The maximum absolute atomic E-state index is 6.35. The molecule has 2 rings (SSSR count). The van der Waals surface area contributed by atoms with E-state index < -0.39 is 0 Å². The van der Waals surface area contributed by atoms with Crippen LogP contribution in [0.2, 0.25) is 0 Å². The molecule has 0 saturated carbocycles. The average molecular weight is 328 g/mol. The van der Waals surface area contributed by atoms with E-state index in [1.54, 1.807) is 7.11 Å². The van der Waals surface area contributed by atoms with Gasteiger partial charge in [-0.3, -0.25) is 0 Å². The fourth-order valence-electron chi connectivity index (χ4n) is 2.51. The Morgan fingerprint density at radius 2 is 2.26 bits per heavy atom. The smallest absolute Gasteiger partial charge is 0.125 e. The number of rotatable bonds is 5. The summed E-state index contributed by atoms with van der Waals surface area (Å²) in [5, 5.41) is 0. The Balaban J connectivity index is 2.24. The molecule has 1 aromatic rings. The Kier molecular flexibility index (Phi) is 4.54. The van der Waals surface area contributed by atoms with Crippen molar-refractivity contribution in [1.29, 1.82) is 0 Å². The zero-order chi connectivity index (χ0) is 14.0. The van der Waals surface area contributed by atoms with Crippen molar-refractivity contribution in [3.05, 3.63) is 27.7 Å². The first-order chi connectivity index (χ1) is 9.00. The summed E-state index contributed by atoms with van der Waals surface area (Å²) in [7, 11) is 1.73. The van der Waals surface area contributed by atoms with Gasteiger partial charge < -0.3 is 15.2 Å². The molecule has 2 atom stereocenters. The zero-order valence-electron chi connectivity index (χ0n) is 11.8. The van der Waals surface area contributed by atoms with Crippen molar-refractivity contribution in [1.82, 2.24) is 0 Å². The topological polar surface area (TPSA) is 44.5 Å². The van der Waals surface area contributed by atoms with E-state index in [0.717, 1.165) is 36.1 Å². The van der Waals surface area contributed by atoms with Gasteiger partial charge >= 0.3 is 0 Å². The molecule has 1 aliphatic rings. The summed E-state index contributed by atoms with van der Waals surface area (Å²) in [5.74, 6) is 1.02. The fraction of sp³-hybridized carbons (Fsp3) is 0.600. The summed E-state index contributed by atoms with van der Waals surface area (Å²) in [5.41, 5.74) is 8.50. The average Bonchev–Trinajstić information content (AvgIpc) is 2.85. The van der Waals surface area contributed by atoms with Crippen LogP contribution in [0.4, 0.5) is 0 Å². The Hall–Kier alpha value is -0.580. The first-order valence-corrected chi connectivity index (χ1v) is 7.54. The summed E-state index contributed by atoms with van der Waals surface area (Å²) in [4.78, 5) is 0. The highest BCUT2D eigenvalue weighted by atomic mass is 79.9. The maximum Gasteiger partial charge on any atom is 0.125 e. The molecule has 19 heavy (non-hydrogen) atoms. The molecule has 0 bridgehead atoms. The van der Waals surface area contributed by atoms with Crippen LogP contribution < -0.4 is 10.5 Å². The van der Waals surface area contributed by atoms with E-state index in [-0.39, 0.29) is 11.6 Å². The van der Waals surface area contributed by atoms with Crippen molar-refractivity contribution in [2.24, 2.45) is 5.73 Å². The second-order valence-electron chi connectivity index (χ2n) is 5.33. The lowest BCUT2D eigenvalue weighted by Gasteiger charge is -2.33. The summed E-state index contributed by atoms with van der Waals surface area (Å²) in [6.45, 7) is 4.94. The van der Waals surface area contributed by atoms with Gasteiger partial charge in [0.15, 0.2) is 0 Å². The van der Waals surface area contributed by atoms with Crippen LogP contribution in [0.3, 0.4) is 0 Å². The highest BCUT2D eigenvalue weighted by Crippen LogP contribution is 2.34. The fourth-order valence-corrected chi connectivity index (χ4v) is 3.06. The third kappa shape index (κ3) is 2.96. The van der Waals surface area contributed by atoms with E-state index in [9.17, 15) is 0 Å². The van der Waals surface area contributed by atoms with E-state index >= 15 is 0 Å². The first-order valence-electron chi connectivity index (χ1n) is 6.75. The number of methoxy groups -OCH3 is 1. The number of hydrogen-bond acceptors (Lipinski definition) is 3. The standard InChI is InChI=1S/C15H22BrNO2/c1-4-15(2,18-3)13(17)9-11-8-12(16)7-10-5-6-19-14(10)11/h7-8,13H,4-6,9,17H2,1-3H3. The van der Waals surface area contributed by atoms with Gasteiger partial charge in [0.2, 0.25) is 0 Å².